The summed E-state index contributed by atoms with van der Waals surface area (Å²) in [5, 5.41) is 13.7. The number of benzene rings is 1. The Balaban J connectivity index is 1.27. The van der Waals surface area contributed by atoms with Gasteiger partial charge in [-0.1, -0.05) is 65.4 Å². The lowest BCUT2D eigenvalue weighted by molar-refractivity contribution is 0.0950. The fourth-order valence-electron chi connectivity index (χ4n) is 3.41. The van der Waals surface area contributed by atoms with Crippen molar-refractivity contribution in [2.24, 2.45) is 5.92 Å². The molecule has 0 fully saturated rings. The Morgan fingerprint density at radius 1 is 1.29 bits per heavy atom. The van der Waals surface area contributed by atoms with E-state index in [4.69, 9.17) is 4.74 Å². The van der Waals surface area contributed by atoms with Crippen molar-refractivity contribution in [3.63, 3.8) is 0 Å². The molecule has 0 spiro atoms. The van der Waals surface area contributed by atoms with E-state index in [-0.39, 0.29) is 5.78 Å². The Morgan fingerprint density at radius 3 is 2.90 bits per heavy atom. The standard InChI is InChI=1S/C24H25N5O2/c1-18-6-12-21(13-7-18)24(30)22-5-3-15-29(22)14-2-4-19-8-10-20(11-9-19)16-31-17-23-25-27-28-26-23/h2-10,12-13,15,20H,11,14,16-17H2,1H3,(H,25,26,27,28)/b4-2+. The van der Waals surface area contributed by atoms with Gasteiger partial charge < -0.3 is 9.30 Å². The monoisotopic (exact) mass is 415 g/mol. The summed E-state index contributed by atoms with van der Waals surface area (Å²) in [6.45, 7) is 3.63. The van der Waals surface area contributed by atoms with E-state index in [2.05, 4.69) is 51.0 Å². The molecule has 3 aromatic rings. The minimum atomic E-state index is 0.0406. The zero-order valence-electron chi connectivity index (χ0n) is 17.4. The molecule has 2 aromatic heterocycles. The second-order valence-electron chi connectivity index (χ2n) is 7.55. The van der Waals surface area contributed by atoms with Crippen molar-refractivity contribution in [3.8, 4) is 0 Å². The van der Waals surface area contributed by atoms with E-state index in [0.717, 1.165) is 17.6 Å². The molecule has 1 unspecified atom stereocenters. The highest BCUT2D eigenvalue weighted by atomic mass is 16.5. The average Bonchev–Trinajstić information content (AvgIpc) is 3.47. The van der Waals surface area contributed by atoms with Gasteiger partial charge in [0.15, 0.2) is 5.82 Å². The Hall–Kier alpha value is -3.58. The topological polar surface area (TPSA) is 85.7 Å². The molecule has 1 aliphatic rings. The number of carbonyl (C=O) groups is 1. The molecular weight excluding hydrogens is 390 g/mol. The summed E-state index contributed by atoms with van der Waals surface area (Å²) in [6.07, 6.45) is 13.5. The molecule has 7 heteroatoms. The van der Waals surface area contributed by atoms with E-state index in [1.54, 1.807) is 0 Å². The van der Waals surface area contributed by atoms with Crippen molar-refractivity contribution < 1.29 is 9.53 Å². The number of aromatic nitrogens is 5. The SMILES string of the molecule is Cc1ccc(C(=O)c2cccn2C/C=C/C2=CCC(COCc3nn[nH]n3)C=C2)cc1. The minimum Gasteiger partial charge on any atom is -0.373 e. The van der Waals surface area contributed by atoms with E-state index in [1.165, 1.54) is 0 Å². The number of ketones is 1. The zero-order valence-corrected chi connectivity index (χ0v) is 17.4. The van der Waals surface area contributed by atoms with Gasteiger partial charge in [0.2, 0.25) is 5.78 Å². The van der Waals surface area contributed by atoms with Crippen LogP contribution in [0.25, 0.3) is 0 Å². The molecule has 1 atom stereocenters. The number of aromatic amines is 1. The van der Waals surface area contributed by atoms with Gasteiger partial charge in [0, 0.05) is 24.2 Å². The van der Waals surface area contributed by atoms with Gasteiger partial charge in [-0.05, 0) is 31.1 Å². The van der Waals surface area contributed by atoms with Gasteiger partial charge in [-0.3, -0.25) is 4.79 Å². The van der Waals surface area contributed by atoms with E-state index in [1.807, 2.05) is 54.1 Å². The highest BCUT2D eigenvalue weighted by molar-refractivity contribution is 6.08. The number of aryl methyl sites for hydroxylation is 1. The maximum absolute atomic E-state index is 12.8. The molecule has 0 radical (unpaired) electrons. The first kappa shape index (κ1) is 20.7. The number of tetrazole rings is 1. The highest BCUT2D eigenvalue weighted by Crippen LogP contribution is 2.18. The summed E-state index contributed by atoms with van der Waals surface area (Å²) < 4.78 is 7.62. The van der Waals surface area contributed by atoms with Crippen molar-refractivity contribution in [3.05, 3.63) is 101 Å². The molecule has 158 valence electrons. The van der Waals surface area contributed by atoms with Crippen LogP contribution in [0.1, 0.15) is 33.9 Å². The quantitative estimate of drug-likeness (QED) is 0.537. The van der Waals surface area contributed by atoms with Crippen LogP contribution >= 0.6 is 0 Å². The molecule has 0 saturated heterocycles. The third-order valence-electron chi connectivity index (χ3n) is 5.16. The summed E-state index contributed by atoms with van der Waals surface area (Å²) in [6, 6.07) is 11.5. The van der Waals surface area contributed by atoms with Gasteiger partial charge in [-0.25, -0.2) is 0 Å². The van der Waals surface area contributed by atoms with Gasteiger partial charge in [0.1, 0.15) is 6.61 Å². The van der Waals surface area contributed by atoms with Crippen LogP contribution in [0.4, 0.5) is 0 Å². The Kier molecular flexibility index (Phi) is 6.64. The summed E-state index contributed by atoms with van der Waals surface area (Å²) >= 11 is 0. The van der Waals surface area contributed by atoms with Crippen molar-refractivity contribution in [1.29, 1.82) is 0 Å². The number of rotatable bonds is 9. The zero-order chi connectivity index (χ0) is 21.5. The number of hydrogen-bond acceptors (Lipinski definition) is 5. The lowest BCUT2D eigenvalue weighted by Gasteiger charge is -2.14. The molecular formula is C24H25N5O2. The van der Waals surface area contributed by atoms with Crippen molar-refractivity contribution in [2.45, 2.75) is 26.5 Å². The van der Waals surface area contributed by atoms with Gasteiger partial charge >= 0.3 is 0 Å². The molecule has 31 heavy (non-hydrogen) atoms. The van der Waals surface area contributed by atoms with Crippen LogP contribution in [0.5, 0.6) is 0 Å². The predicted molar refractivity (Wildman–Crippen MR) is 117 cm³/mol. The maximum atomic E-state index is 12.8. The smallest absolute Gasteiger partial charge is 0.209 e. The van der Waals surface area contributed by atoms with Crippen molar-refractivity contribution in [1.82, 2.24) is 25.2 Å². The first-order valence-electron chi connectivity index (χ1n) is 10.3. The fourth-order valence-corrected chi connectivity index (χ4v) is 3.41. The van der Waals surface area contributed by atoms with Crippen LogP contribution in [-0.2, 0) is 17.9 Å². The van der Waals surface area contributed by atoms with E-state index >= 15 is 0 Å². The van der Waals surface area contributed by atoms with Crippen LogP contribution in [-0.4, -0.2) is 37.6 Å². The Labute approximate surface area is 181 Å². The summed E-state index contributed by atoms with van der Waals surface area (Å²) in [4.78, 5) is 12.8. The van der Waals surface area contributed by atoms with Crippen LogP contribution in [0, 0.1) is 12.8 Å². The van der Waals surface area contributed by atoms with E-state index in [0.29, 0.717) is 42.8 Å². The van der Waals surface area contributed by atoms with Gasteiger partial charge in [-0.15, -0.1) is 10.2 Å². The minimum absolute atomic E-state index is 0.0406. The molecule has 2 heterocycles. The average molecular weight is 415 g/mol. The lowest BCUT2D eigenvalue weighted by atomic mass is 9.97. The normalized spacial score (nSPS) is 16.0. The first-order valence-corrected chi connectivity index (χ1v) is 10.3. The predicted octanol–water partition coefficient (Wildman–Crippen LogP) is 3.82. The molecule has 0 bridgehead atoms. The Bertz CT molecular complexity index is 1090. The number of hydrogen-bond donors (Lipinski definition) is 1. The Morgan fingerprint density at radius 2 is 2.16 bits per heavy atom. The number of H-pyrrole nitrogens is 1. The fraction of sp³-hybridized carbons (Fsp3) is 0.250. The van der Waals surface area contributed by atoms with Crippen LogP contribution in [0.3, 0.4) is 0 Å². The number of carbonyl (C=O) groups excluding carboxylic acids is 1. The molecule has 1 aliphatic carbocycles. The molecule has 1 N–H and O–H groups in total. The molecule has 0 aliphatic heterocycles. The third kappa shape index (κ3) is 5.52. The number of allylic oxidation sites excluding steroid dienone is 5. The lowest BCUT2D eigenvalue weighted by Crippen LogP contribution is -2.10. The highest BCUT2D eigenvalue weighted by Gasteiger charge is 2.13. The molecule has 7 nitrogen and oxygen atoms in total. The van der Waals surface area contributed by atoms with Crippen molar-refractivity contribution in [2.75, 3.05) is 6.61 Å². The van der Waals surface area contributed by atoms with Gasteiger partial charge in [-0.2, -0.15) is 5.21 Å². The molecule has 0 amide bonds. The van der Waals surface area contributed by atoms with Gasteiger partial charge in [0.25, 0.3) is 0 Å². The molecule has 4 rings (SSSR count). The third-order valence-corrected chi connectivity index (χ3v) is 5.16. The summed E-state index contributed by atoms with van der Waals surface area (Å²) in [5.41, 5.74) is 3.71. The van der Waals surface area contributed by atoms with Crippen LogP contribution in [0.2, 0.25) is 0 Å². The van der Waals surface area contributed by atoms with E-state index < -0.39 is 0 Å². The number of nitrogens with one attached hydrogen (secondary N) is 1. The first-order chi connectivity index (χ1) is 15.2. The van der Waals surface area contributed by atoms with Crippen molar-refractivity contribution >= 4 is 5.78 Å². The molecule has 0 saturated carbocycles. The van der Waals surface area contributed by atoms with Crippen LogP contribution in [0.15, 0.2) is 78.5 Å². The second-order valence-corrected chi connectivity index (χ2v) is 7.55. The molecule has 1 aromatic carbocycles. The van der Waals surface area contributed by atoms with E-state index in [9.17, 15) is 4.79 Å². The second kappa shape index (κ2) is 9.95. The van der Waals surface area contributed by atoms with Gasteiger partial charge in [0.05, 0.1) is 12.3 Å². The summed E-state index contributed by atoms with van der Waals surface area (Å²) in [7, 11) is 0. The maximum Gasteiger partial charge on any atom is 0.209 e. The number of nitrogens with zero attached hydrogens (tertiary/aromatic N) is 4. The number of ether oxygens (including phenoxy) is 1. The summed E-state index contributed by atoms with van der Waals surface area (Å²) in [5.74, 6) is 0.940. The largest absolute Gasteiger partial charge is 0.373 e. The van der Waals surface area contributed by atoms with Crippen LogP contribution < -0.4 is 0 Å².